The highest BCUT2D eigenvalue weighted by atomic mass is 16.2. The molecule has 0 saturated carbocycles. The van der Waals surface area contributed by atoms with Crippen LogP contribution in [0.5, 0.6) is 0 Å². The SMILES string of the molecule is CN=C(NCC(=O)N1CCC(Cc2ccccc2)CC1)NC1CC=CC1. The third kappa shape index (κ3) is 5.35. The zero-order chi connectivity index (χ0) is 18.2. The summed E-state index contributed by atoms with van der Waals surface area (Å²) >= 11 is 0. The molecule has 2 N–H and O–H groups in total. The van der Waals surface area contributed by atoms with Gasteiger partial charge in [0.25, 0.3) is 0 Å². The minimum absolute atomic E-state index is 0.163. The van der Waals surface area contributed by atoms with E-state index in [-0.39, 0.29) is 5.91 Å². The van der Waals surface area contributed by atoms with Gasteiger partial charge in [-0.3, -0.25) is 9.79 Å². The van der Waals surface area contributed by atoms with Crippen LogP contribution >= 0.6 is 0 Å². The van der Waals surface area contributed by atoms with Crippen molar-refractivity contribution in [1.29, 1.82) is 0 Å². The molecule has 1 amide bonds. The second kappa shape index (κ2) is 9.41. The number of hydrogen-bond donors (Lipinski definition) is 2. The summed E-state index contributed by atoms with van der Waals surface area (Å²) in [5.41, 5.74) is 1.40. The van der Waals surface area contributed by atoms with Gasteiger partial charge in [-0.1, -0.05) is 42.5 Å². The topological polar surface area (TPSA) is 56.7 Å². The Bertz CT molecular complexity index is 625. The molecule has 26 heavy (non-hydrogen) atoms. The molecular weight excluding hydrogens is 324 g/mol. The third-order valence-electron chi connectivity index (χ3n) is 5.31. The van der Waals surface area contributed by atoms with Crippen molar-refractivity contribution in [2.75, 3.05) is 26.7 Å². The fraction of sp³-hybridized carbons (Fsp3) is 0.524. The standard InChI is InChI=1S/C21H30N4O/c1-22-21(24-19-9-5-6-10-19)23-16-20(26)25-13-11-18(12-14-25)15-17-7-3-2-4-8-17/h2-8,18-19H,9-16H2,1H3,(H2,22,23,24). The molecular formula is C21H30N4O. The summed E-state index contributed by atoms with van der Waals surface area (Å²) in [5.74, 6) is 1.56. The second-order valence-electron chi connectivity index (χ2n) is 7.22. The monoisotopic (exact) mass is 354 g/mol. The maximum Gasteiger partial charge on any atom is 0.241 e. The molecule has 140 valence electrons. The Kier molecular flexibility index (Phi) is 6.69. The number of carbonyl (C=O) groups excluding carboxylic acids is 1. The number of nitrogens with one attached hydrogen (secondary N) is 2. The van der Waals surface area contributed by atoms with Crippen molar-refractivity contribution in [2.24, 2.45) is 10.9 Å². The first kappa shape index (κ1) is 18.5. The molecule has 1 fully saturated rings. The van der Waals surface area contributed by atoms with Gasteiger partial charge in [-0.2, -0.15) is 0 Å². The van der Waals surface area contributed by atoms with E-state index < -0.39 is 0 Å². The molecule has 0 spiro atoms. The number of guanidine groups is 1. The number of piperidine rings is 1. The van der Waals surface area contributed by atoms with E-state index in [1.165, 1.54) is 5.56 Å². The zero-order valence-corrected chi connectivity index (χ0v) is 15.7. The Balaban J connectivity index is 1.37. The van der Waals surface area contributed by atoms with Gasteiger partial charge in [-0.25, -0.2) is 0 Å². The molecule has 5 heteroatoms. The molecule has 0 bridgehead atoms. The van der Waals surface area contributed by atoms with Crippen LogP contribution in [-0.4, -0.2) is 49.5 Å². The van der Waals surface area contributed by atoms with Gasteiger partial charge in [0.15, 0.2) is 5.96 Å². The number of hydrogen-bond acceptors (Lipinski definition) is 2. The van der Waals surface area contributed by atoms with Crippen LogP contribution in [0.3, 0.4) is 0 Å². The van der Waals surface area contributed by atoms with E-state index in [1.807, 2.05) is 4.90 Å². The van der Waals surface area contributed by atoms with Crippen molar-refractivity contribution in [3.05, 3.63) is 48.0 Å². The molecule has 1 aliphatic carbocycles. The smallest absolute Gasteiger partial charge is 0.241 e. The van der Waals surface area contributed by atoms with Gasteiger partial charge in [0.2, 0.25) is 5.91 Å². The fourth-order valence-electron chi connectivity index (χ4n) is 3.73. The lowest BCUT2D eigenvalue weighted by Gasteiger charge is -2.32. The summed E-state index contributed by atoms with van der Waals surface area (Å²) in [6, 6.07) is 11.0. The van der Waals surface area contributed by atoms with Gasteiger partial charge in [0, 0.05) is 26.2 Å². The minimum atomic E-state index is 0.163. The molecule has 1 aromatic rings. The van der Waals surface area contributed by atoms with Gasteiger partial charge in [0.05, 0.1) is 6.54 Å². The molecule has 1 saturated heterocycles. The fourth-order valence-corrected chi connectivity index (χ4v) is 3.73. The predicted molar refractivity (Wildman–Crippen MR) is 106 cm³/mol. The Morgan fingerprint density at radius 1 is 1.15 bits per heavy atom. The van der Waals surface area contributed by atoms with Gasteiger partial charge in [0.1, 0.15) is 0 Å². The van der Waals surface area contributed by atoms with E-state index in [0.29, 0.717) is 24.5 Å². The predicted octanol–water partition coefficient (Wildman–Crippen LogP) is 2.35. The van der Waals surface area contributed by atoms with Crippen molar-refractivity contribution >= 4 is 11.9 Å². The van der Waals surface area contributed by atoms with Crippen molar-refractivity contribution in [3.63, 3.8) is 0 Å². The second-order valence-corrected chi connectivity index (χ2v) is 7.22. The Morgan fingerprint density at radius 2 is 1.85 bits per heavy atom. The van der Waals surface area contributed by atoms with Gasteiger partial charge < -0.3 is 15.5 Å². The van der Waals surface area contributed by atoms with Crippen LogP contribution in [0.4, 0.5) is 0 Å². The third-order valence-corrected chi connectivity index (χ3v) is 5.31. The highest BCUT2D eigenvalue weighted by Gasteiger charge is 2.23. The molecule has 2 aliphatic rings. The minimum Gasteiger partial charge on any atom is -0.353 e. The number of nitrogens with zero attached hydrogens (tertiary/aromatic N) is 2. The van der Waals surface area contributed by atoms with E-state index in [1.54, 1.807) is 7.05 Å². The zero-order valence-electron chi connectivity index (χ0n) is 15.7. The average molecular weight is 354 g/mol. The van der Waals surface area contributed by atoms with Crippen LogP contribution in [0.1, 0.15) is 31.2 Å². The van der Waals surface area contributed by atoms with Crippen LogP contribution < -0.4 is 10.6 Å². The molecule has 0 aromatic heterocycles. The first-order chi connectivity index (χ1) is 12.7. The highest BCUT2D eigenvalue weighted by Crippen LogP contribution is 2.21. The number of amides is 1. The summed E-state index contributed by atoms with van der Waals surface area (Å²) in [6.07, 6.45) is 9.67. The van der Waals surface area contributed by atoms with E-state index in [9.17, 15) is 4.79 Å². The highest BCUT2D eigenvalue weighted by molar-refractivity contribution is 5.86. The number of likely N-dealkylation sites (tertiary alicyclic amines) is 1. The summed E-state index contributed by atoms with van der Waals surface area (Å²) in [7, 11) is 1.75. The number of carbonyl (C=O) groups is 1. The molecule has 0 atom stereocenters. The summed E-state index contributed by atoms with van der Waals surface area (Å²) in [6.45, 7) is 2.02. The van der Waals surface area contributed by atoms with E-state index >= 15 is 0 Å². The first-order valence-electron chi connectivity index (χ1n) is 9.68. The van der Waals surface area contributed by atoms with Crippen LogP contribution in [-0.2, 0) is 11.2 Å². The van der Waals surface area contributed by atoms with Gasteiger partial charge in [-0.05, 0) is 43.6 Å². The lowest BCUT2D eigenvalue weighted by molar-refractivity contribution is -0.131. The van der Waals surface area contributed by atoms with E-state index in [2.05, 4.69) is 58.1 Å². The van der Waals surface area contributed by atoms with Crippen molar-refractivity contribution < 1.29 is 4.79 Å². The van der Waals surface area contributed by atoms with Crippen molar-refractivity contribution in [2.45, 2.75) is 38.1 Å². The maximum absolute atomic E-state index is 12.5. The van der Waals surface area contributed by atoms with Crippen LogP contribution in [0.2, 0.25) is 0 Å². The summed E-state index contributed by atoms with van der Waals surface area (Å²) in [5, 5.41) is 6.53. The van der Waals surface area contributed by atoms with Crippen LogP contribution in [0.15, 0.2) is 47.5 Å². The molecule has 3 rings (SSSR count). The lowest BCUT2D eigenvalue weighted by Crippen LogP contribution is -2.48. The lowest BCUT2D eigenvalue weighted by atomic mass is 9.90. The Labute approximate surface area is 156 Å². The van der Waals surface area contributed by atoms with E-state index in [4.69, 9.17) is 0 Å². The van der Waals surface area contributed by atoms with Crippen LogP contribution in [0, 0.1) is 5.92 Å². The number of benzene rings is 1. The molecule has 0 unspecified atom stereocenters. The molecule has 1 aliphatic heterocycles. The number of aliphatic imine (C=N–C) groups is 1. The summed E-state index contributed by atoms with van der Waals surface area (Å²) < 4.78 is 0. The number of rotatable bonds is 5. The average Bonchev–Trinajstić information content (AvgIpc) is 3.19. The van der Waals surface area contributed by atoms with Crippen LogP contribution in [0.25, 0.3) is 0 Å². The Morgan fingerprint density at radius 3 is 2.50 bits per heavy atom. The Hall–Kier alpha value is -2.30. The molecule has 0 radical (unpaired) electrons. The maximum atomic E-state index is 12.5. The van der Waals surface area contributed by atoms with E-state index in [0.717, 1.165) is 45.2 Å². The van der Waals surface area contributed by atoms with Gasteiger partial charge in [-0.15, -0.1) is 0 Å². The first-order valence-corrected chi connectivity index (χ1v) is 9.68. The van der Waals surface area contributed by atoms with Gasteiger partial charge >= 0.3 is 0 Å². The molecule has 1 aromatic carbocycles. The normalized spacial score (nSPS) is 19.0. The quantitative estimate of drug-likeness (QED) is 0.485. The van der Waals surface area contributed by atoms with Crippen molar-refractivity contribution in [3.8, 4) is 0 Å². The molecule has 5 nitrogen and oxygen atoms in total. The summed E-state index contributed by atoms with van der Waals surface area (Å²) in [4.78, 5) is 18.7. The largest absolute Gasteiger partial charge is 0.353 e. The van der Waals surface area contributed by atoms with Crippen molar-refractivity contribution in [1.82, 2.24) is 15.5 Å². The molecule has 1 heterocycles.